The van der Waals surface area contributed by atoms with E-state index in [1.165, 1.54) is 21.3 Å². The molecule has 8 heteroatoms. The van der Waals surface area contributed by atoms with Crippen LogP contribution in [0, 0.1) is 13.8 Å². The van der Waals surface area contributed by atoms with Crippen LogP contribution in [0.5, 0.6) is 0 Å². The van der Waals surface area contributed by atoms with Crippen molar-refractivity contribution in [2.45, 2.75) is 64.4 Å². The molecule has 0 aliphatic heterocycles. The second-order valence-corrected chi connectivity index (χ2v) is 11.6. The molecule has 0 heterocycles. The van der Waals surface area contributed by atoms with Crippen molar-refractivity contribution in [3.63, 3.8) is 0 Å². The second-order valence-electron chi connectivity index (χ2n) is 9.69. The summed E-state index contributed by atoms with van der Waals surface area (Å²) in [5.74, 6) is -0.684. The molecule has 3 aromatic carbocycles. The van der Waals surface area contributed by atoms with E-state index < -0.39 is 28.5 Å². The molecular formula is C31H39N3O4S. The first kappa shape index (κ1) is 29.9. The maximum atomic E-state index is 14.1. The van der Waals surface area contributed by atoms with Crippen molar-refractivity contribution in [1.29, 1.82) is 0 Å². The number of nitrogens with one attached hydrogen (secondary N) is 1. The van der Waals surface area contributed by atoms with Crippen LogP contribution >= 0.6 is 0 Å². The summed E-state index contributed by atoms with van der Waals surface area (Å²) >= 11 is 0. The van der Waals surface area contributed by atoms with Gasteiger partial charge < -0.3 is 10.2 Å². The molecule has 0 aromatic heterocycles. The summed E-state index contributed by atoms with van der Waals surface area (Å²) in [7, 11) is -4.08. The van der Waals surface area contributed by atoms with E-state index in [9.17, 15) is 18.0 Å². The zero-order valence-corrected chi connectivity index (χ0v) is 24.1. The number of aryl methyl sites for hydroxylation is 2. The molecule has 0 aliphatic carbocycles. The van der Waals surface area contributed by atoms with Crippen molar-refractivity contribution in [2.24, 2.45) is 0 Å². The van der Waals surface area contributed by atoms with Crippen LogP contribution in [0.15, 0.2) is 83.8 Å². The smallest absolute Gasteiger partial charge is 0.264 e. The number of unbranched alkanes of at least 4 members (excludes halogenated alkanes) is 1. The Bertz CT molecular complexity index is 1340. The van der Waals surface area contributed by atoms with Gasteiger partial charge in [0.15, 0.2) is 0 Å². The molecular weight excluding hydrogens is 510 g/mol. The van der Waals surface area contributed by atoms with Gasteiger partial charge in [-0.05, 0) is 61.6 Å². The Balaban J connectivity index is 2.05. The molecule has 0 spiro atoms. The first-order valence-electron chi connectivity index (χ1n) is 13.4. The summed E-state index contributed by atoms with van der Waals surface area (Å²) in [5.41, 5.74) is 2.90. The Morgan fingerprint density at radius 3 is 2.15 bits per heavy atom. The van der Waals surface area contributed by atoms with Crippen molar-refractivity contribution < 1.29 is 18.0 Å². The van der Waals surface area contributed by atoms with Crippen molar-refractivity contribution in [3.8, 4) is 0 Å². The molecule has 0 saturated heterocycles. The molecule has 2 amide bonds. The molecule has 39 heavy (non-hydrogen) atoms. The Morgan fingerprint density at radius 1 is 0.897 bits per heavy atom. The van der Waals surface area contributed by atoms with Crippen LogP contribution in [0.3, 0.4) is 0 Å². The van der Waals surface area contributed by atoms with Gasteiger partial charge in [-0.15, -0.1) is 0 Å². The molecule has 0 radical (unpaired) electrons. The van der Waals surface area contributed by atoms with Crippen molar-refractivity contribution in [3.05, 3.63) is 95.6 Å². The van der Waals surface area contributed by atoms with Crippen LogP contribution < -0.4 is 9.62 Å². The molecule has 0 unspecified atom stereocenters. The van der Waals surface area contributed by atoms with Gasteiger partial charge in [-0.2, -0.15) is 0 Å². The zero-order chi connectivity index (χ0) is 28.4. The lowest BCUT2D eigenvalue weighted by atomic mass is 10.1. The molecule has 208 valence electrons. The van der Waals surface area contributed by atoms with Crippen LogP contribution in [0.4, 0.5) is 5.69 Å². The molecule has 7 nitrogen and oxygen atoms in total. The number of sulfonamides is 1. The van der Waals surface area contributed by atoms with Crippen molar-refractivity contribution in [2.75, 3.05) is 17.4 Å². The van der Waals surface area contributed by atoms with E-state index in [0.29, 0.717) is 18.7 Å². The largest absolute Gasteiger partial charge is 0.354 e. The summed E-state index contributed by atoms with van der Waals surface area (Å²) < 4.78 is 29.0. The third-order valence-corrected chi connectivity index (χ3v) is 8.43. The molecule has 1 atom stereocenters. The van der Waals surface area contributed by atoms with Crippen molar-refractivity contribution in [1.82, 2.24) is 10.2 Å². The van der Waals surface area contributed by atoms with Gasteiger partial charge in [-0.3, -0.25) is 13.9 Å². The fourth-order valence-electron chi connectivity index (χ4n) is 4.43. The van der Waals surface area contributed by atoms with Gasteiger partial charge in [-0.25, -0.2) is 8.42 Å². The Kier molecular flexibility index (Phi) is 10.7. The van der Waals surface area contributed by atoms with E-state index >= 15 is 0 Å². The minimum absolute atomic E-state index is 0.0951. The zero-order valence-electron chi connectivity index (χ0n) is 23.3. The Morgan fingerprint density at radius 2 is 1.54 bits per heavy atom. The SMILES string of the molecule is CCCCNC(=O)[C@@H](CC)N(Cc1ccccc1)C(=O)CN(c1cc(C)ccc1C)S(=O)(=O)c1ccccc1. The van der Waals surface area contributed by atoms with Crippen LogP contribution in [-0.2, 0) is 26.2 Å². The van der Waals surface area contributed by atoms with E-state index in [4.69, 9.17) is 0 Å². The lowest BCUT2D eigenvalue weighted by Gasteiger charge is -2.33. The maximum Gasteiger partial charge on any atom is 0.264 e. The van der Waals surface area contributed by atoms with Gasteiger partial charge in [0.1, 0.15) is 12.6 Å². The number of hydrogen-bond acceptors (Lipinski definition) is 4. The summed E-state index contributed by atoms with van der Waals surface area (Å²) in [6.45, 7) is 7.88. The fraction of sp³-hybridized carbons (Fsp3) is 0.355. The predicted molar refractivity (Wildman–Crippen MR) is 156 cm³/mol. The first-order valence-corrected chi connectivity index (χ1v) is 14.9. The van der Waals surface area contributed by atoms with Gasteiger partial charge >= 0.3 is 0 Å². The standard InChI is InChI=1S/C31H39N3O4S/c1-5-7-20-32-31(36)28(6-2)33(22-26-14-10-8-11-15-26)30(35)23-34(29-21-24(3)18-19-25(29)4)39(37,38)27-16-12-9-13-17-27/h8-19,21,28H,5-7,20,22-23H2,1-4H3,(H,32,36)/t28-/m1/s1. The van der Waals surface area contributed by atoms with Gasteiger partial charge in [0.05, 0.1) is 10.6 Å². The van der Waals surface area contributed by atoms with E-state index in [-0.39, 0.29) is 17.3 Å². The first-order chi connectivity index (χ1) is 18.7. The molecule has 0 saturated carbocycles. The number of anilines is 1. The molecule has 3 rings (SSSR count). The number of amides is 2. The van der Waals surface area contributed by atoms with Crippen LogP contribution in [0.1, 0.15) is 49.8 Å². The highest BCUT2D eigenvalue weighted by atomic mass is 32.2. The monoisotopic (exact) mass is 549 g/mol. The van der Waals surface area contributed by atoms with Gasteiger partial charge in [0.25, 0.3) is 10.0 Å². The normalized spacial score (nSPS) is 12.0. The third kappa shape index (κ3) is 7.69. The summed E-state index contributed by atoms with van der Waals surface area (Å²) in [6.07, 6.45) is 2.17. The van der Waals surface area contributed by atoms with Gasteiger partial charge in [0, 0.05) is 13.1 Å². The van der Waals surface area contributed by atoms with E-state index in [1.807, 2.05) is 70.2 Å². The summed E-state index contributed by atoms with van der Waals surface area (Å²) in [6, 6.07) is 22.3. The molecule has 0 bridgehead atoms. The van der Waals surface area contributed by atoms with Crippen molar-refractivity contribution >= 4 is 27.5 Å². The lowest BCUT2D eigenvalue weighted by molar-refractivity contribution is -0.140. The summed E-state index contributed by atoms with van der Waals surface area (Å²) in [4.78, 5) is 28.9. The molecule has 0 aliphatic rings. The average Bonchev–Trinajstić information content (AvgIpc) is 2.94. The highest BCUT2D eigenvalue weighted by Crippen LogP contribution is 2.28. The highest BCUT2D eigenvalue weighted by Gasteiger charge is 2.34. The van der Waals surface area contributed by atoms with Crippen LogP contribution in [0.2, 0.25) is 0 Å². The minimum atomic E-state index is -4.08. The topological polar surface area (TPSA) is 86.8 Å². The van der Waals surface area contributed by atoms with Crippen LogP contribution in [-0.4, -0.2) is 44.3 Å². The second kappa shape index (κ2) is 13.9. The Labute approximate surface area is 232 Å². The predicted octanol–water partition coefficient (Wildman–Crippen LogP) is 5.22. The summed E-state index contributed by atoms with van der Waals surface area (Å²) in [5, 5.41) is 2.95. The molecule has 0 fully saturated rings. The fourth-order valence-corrected chi connectivity index (χ4v) is 5.92. The van der Waals surface area contributed by atoms with E-state index in [1.54, 1.807) is 24.3 Å². The Hall–Kier alpha value is -3.65. The van der Waals surface area contributed by atoms with Gasteiger partial charge in [0.2, 0.25) is 11.8 Å². The molecule has 3 aromatic rings. The average molecular weight is 550 g/mol. The number of carbonyl (C=O) groups is 2. The number of nitrogens with zero attached hydrogens (tertiary/aromatic N) is 2. The maximum absolute atomic E-state index is 14.1. The number of rotatable bonds is 13. The number of carbonyl (C=O) groups excluding carboxylic acids is 2. The van der Waals surface area contributed by atoms with E-state index in [0.717, 1.165) is 29.5 Å². The minimum Gasteiger partial charge on any atom is -0.354 e. The number of benzene rings is 3. The molecule has 1 N–H and O–H groups in total. The highest BCUT2D eigenvalue weighted by molar-refractivity contribution is 7.92. The lowest BCUT2D eigenvalue weighted by Crippen LogP contribution is -2.52. The van der Waals surface area contributed by atoms with E-state index in [2.05, 4.69) is 5.32 Å². The van der Waals surface area contributed by atoms with Gasteiger partial charge in [-0.1, -0.05) is 80.9 Å². The quantitative estimate of drug-likeness (QED) is 0.296. The third-order valence-electron chi connectivity index (χ3n) is 6.65. The van der Waals surface area contributed by atoms with Crippen LogP contribution in [0.25, 0.3) is 0 Å². The number of hydrogen-bond donors (Lipinski definition) is 1.